The number of hydrogen-bond acceptors (Lipinski definition) is 5. The van der Waals surface area contributed by atoms with Crippen molar-refractivity contribution in [3.05, 3.63) is 71.2 Å². The number of anilines is 1. The zero-order chi connectivity index (χ0) is 26.2. The van der Waals surface area contributed by atoms with E-state index >= 15 is 0 Å². The van der Waals surface area contributed by atoms with Crippen LogP contribution in [0.15, 0.2) is 48.8 Å². The summed E-state index contributed by atoms with van der Waals surface area (Å²) >= 11 is 0. The summed E-state index contributed by atoms with van der Waals surface area (Å²) in [6.07, 6.45) is 3.20. The summed E-state index contributed by atoms with van der Waals surface area (Å²) in [5.41, 5.74) is 6.80. The van der Waals surface area contributed by atoms with E-state index in [1.54, 1.807) is 18.2 Å². The Balaban J connectivity index is 1.91. The first kappa shape index (κ1) is 25.2. The zero-order valence-electron chi connectivity index (χ0n) is 22.3. The van der Waals surface area contributed by atoms with E-state index in [4.69, 9.17) is 9.47 Å². The number of carbonyl (C=O) groups excluding carboxylic acids is 1. The van der Waals surface area contributed by atoms with Crippen LogP contribution in [-0.2, 0) is 18.3 Å². The molecule has 2 aromatic heterocycles. The average molecular weight is 487 g/mol. The maximum Gasteiger partial charge on any atom is 0.415 e. The van der Waals surface area contributed by atoms with Crippen LogP contribution in [0.5, 0.6) is 5.75 Å². The van der Waals surface area contributed by atoms with Crippen molar-refractivity contribution in [2.75, 3.05) is 12.0 Å². The van der Waals surface area contributed by atoms with Gasteiger partial charge in [0.2, 0.25) is 0 Å². The summed E-state index contributed by atoms with van der Waals surface area (Å²) in [5.74, 6) is 0.770. The van der Waals surface area contributed by atoms with Gasteiger partial charge in [-0.15, -0.1) is 0 Å². The van der Waals surface area contributed by atoms with Crippen LogP contribution in [0.25, 0.3) is 22.0 Å². The van der Waals surface area contributed by atoms with Gasteiger partial charge in [0.25, 0.3) is 0 Å². The van der Waals surface area contributed by atoms with Crippen molar-refractivity contribution in [2.45, 2.75) is 53.7 Å². The molecular formula is C29H34N4O3. The van der Waals surface area contributed by atoms with E-state index in [2.05, 4.69) is 29.1 Å². The van der Waals surface area contributed by atoms with Gasteiger partial charge in [0.15, 0.2) is 0 Å². The summed E-state index contributed by atoms with van der Waals surface area (Å²) in [4.78, 5) is 19.9. The fourth-order valence-corrected chi connectivity index (χ4v) is 4.45. The van der Waals surface area contributed by atoms with E-state index in [1.165, 1.54) is 0 Å². The molecule has 188 valence electrons. The number of ether oxygens (including phenoxy) is 2. The lowest BCUT2D eigenvalue weighted by Gasteiger charge is -2.28. The molecule has 0 N–H and O–H groups in total. The summed E-state index contributed by atoms with van der Waals surface area (Å²) < 4.78 is 13.3. The van der Waals surface area contributed by atoms with Crippen LogP contribution in [0.3, 0.4) is 0 Å². The second-order valence-electron chi connectivity index (χ2n) is 10.1. The smallest absolute Gasteiger partial charge is 0.415 e. The molecule has 7 nitrogen and oxygen atoms in total. The number of hydrogen-bond donors (Lipinski definition) is 0. The van der Waals surface area contributed by atoms with Crippen molar-refractivity contribution in [3.63, 3.8) is 0 Å². The number of rotatable bonds is 5. The third-order valence-electron chi connectivity index (χ3n) is 6.27. The van der Waals surface area contributed by atoms with Crippen molar-refractivity contribution in [2.24, 2.45) is 7.05 Å². The number of fused-ring (bicyclic) bond motifs is 1. The quantitative estimate of drug-likeness (QED) is 0.322. The third-order valence-corrected chi connectivity index (χ3v) is 6.27. The van der Waals surface area contributed by atoms with Gasteiger partial charge in [0.05, 0.1) is 36.7 Å². The molecule has 0 unspecified atom stereocenters. The van der Waals surface area contributed by atoms with Gasteiger partial charge >= 0.3 is 6.09 Å². The molecule has 0 fully saturated rings. The highest BCUT2D eigenvalue weighted by Crippen LogP contribution is 2.36. The van der Waals surface area contributed by atoms with Gasteiger partial charge in [-0.05, 0) is 70.4 Å². The lowest BCUT2D eigenvalue weighted by Crippen LogP contribution is -2.37. The molecule has 0 saturated carbocycles. The number of benzene rings is 2. The van der Waals surface area contributed by atoms with E-state index in [9.17, 15) is 4.79 Å². The van der Waals surface area contributed by atoms with Crippen molar-refractivity contribution < 1.29 is 14.3 Å². The Hall–Kier alpha value is -3.87. The normalized spacial score (nSPS) is 11.6. The van der Waals surface area contributed by atoms with E-state index in [1.807, 2.05) is 76.8 Å². The first-order valence-corrected chi connectivity index (χ1v) is 12.0. The summed E-state index contributed by atoms with van der Waals surface area (Å²) in [6.45, 7) is 11.8. The lowest BCUT2D eigenvalue weighted by molar-refractivity contribution is 0.0577. The molecule has 0 aliphatic rings. The Bertz CT molecular complexity index is 1430. The maximum absolute atomic E-state index is 13.6. The average Bonchev–Trinajstić information content (AvgIpc) is 3.18. The lowest BCUT2D eigenvalue weighted by atomic mass is 9.97. The fraction of sp³-hybridized carbons (Fsp3) is 0.345. The SMILES string of the molecule is COc1c(C)cnc(CN(C(=O)OC(C)(C)C)c2cc(-c3ccccc3C)c3cnn(C)c3c2)c1C. The molecule has 2 heterocycles. The number of pyridine rings is 1. The highest BCUT2D eigenvalue weighted by atomic mass is 16.6. The number of aromatic nitrogens is 3. The minimum absolute atomic E-state index is 0.230. The van der Waals surface area contributed by atoms with E-state index < -0.39 is 11.7 Å². The van der Waals surface area contributed by atoms with Crippen molar-refractivity contribution in [1.82, 2.24) is 14.8 Å². The second kappa shape index (κ2) is 9.64. The molecule has 0 spiro atoms. The molecule has 2 aromatic carbocycles. The minimum atomic E-state index is -0.655. The second-order valence-corrected chi connectivity index (χ2v) is 10.1. The van der Waals surface area contributed by atoms with Crippen LogP contribution >= 0.6 is 0 Å². The minimum Gasteiger partial charge on any atom is -0.496 e. The van der Waals surface area contributed by atoms with Crippen LogP contribution in [0.1, 0.15) is 43.2 Å². The van der Waals surface area contributed by atoms with Crippen molar-refractivity contribution in [3.8, 4) is 16.9 Å². The largest absolute Gasteiger partial charge is 0.496 e. The first-order valence-electron chi connectivity index (χ1n) is 12.0. The highest BCUT2D eigenvalue weighted by molar-refractivity contribution is 6.00. The third kappa shape index (κ3) is 4.91. The Morgan fingerprint density at radius 1 is 1.03 bits per heavy atom. The topological polar surface area (TPSA) is 69.5 Å². The fourth-order valence-electron chi connectivity index (χ4n) is 4.45. The number of aryl methyl sites for hydroxylation is 3. The van der Waals surface area contributed by atoms with Gasteiger partial charge in [0, 0.05) is 29.8 Å². The van der Waals surface area contributed by atoms with Crippen LogP contribution in [0.4, 0.5) is 10.5 Å². The Morgan fingerprint density at radius 3 is 2.42 bits per heavy atom. The van der Waals surface area contributed by atoms with Crippen molar-refractivity contribution in [1.29, 1.82) is 0 Å². The molecule has 0 aliphatic heterocycles. The van der Waals surface area contributed by atoms with E-state index in [-0.39, 0.29) is 6.54 Å². The van der Waals surface area contributed by atoms with Crippen LogP contribution in [-0.4, -0.2) is 33.6 Å². The molecule has 7 heteroatoms. The number of nitrogens with zero attached hydrogens (tertiary/aromatic N) is 4. The highest BCUT2D eigenvalue weighted by Gasteiger charge is 2.27. The Kier molecular flexibility index (Phi) is 6.76. The molecule has 0 atom stereocenters. The van der Waals surface area contributed by atoms with Gasteiger partial charge in [0.1, 0.15) is 11.4 Å². The van der Waals surface area contributed by atoms with Gasteiger partial charge in [-0.25, -0.2) is 4.79 Å². The van der Waals surface area contributed by atoms with E-state index in [0.29, 0.717) is 5.69 Å². The van der Waals surface area contributed by atoms with Crippen LogP contribution in [0.2, 0.25) is 0 Å². The number of carbonyl (C=O) groups is 1. The zero-order valence-corrected chi connectivity index (χ0v) is 22.3. The maximum atomic E-state index is 13.6. The Morgan fingerprint density at radius 2 is 1.75 bits per heavy atom. The Labute approximate surface area is 212 Å². The molecule has 0 aliphatic carbocycles. The molecule has 0 saturated heterocycles. The number of amides is 1. The van der Waals surface area contributed by atoms with Gasteiger partial charge in [-0.3, -0.25) is 14.6 Å². The van der Waals surface area contributed by atoms with Gasteiger partial charge < -0.3 is 9.47 Å². The number of methoxy groups -OCH3 is 1. The predicted octanol–water partition coefficient (Wildman–Crippen LogP) is 6.51. The van der Waals surface area contributed by atoms with Gasteiger partial charge in [-0.1, -0.05) is 24.3 Å². The molecule has 1 amide bonds. The summed E-state index contributed by atoms with van der Waals surface area (Å²) in [7, 11) is 3.55. The van der Waals surface area contributed by atoms with Crippen molar-refractivity contribution >= 4 is 22.7 Å². The molecule has 0 bridgehead atoms. The molecule has 4 aromatic rings. The standard InChI is InChI=1S/C29H34N4O3/c1-18-11-9-10-12-22(18)23-13-21(14-26-24(23)16-31-32(26)7)33(28(34)36-29(4,5)6)17-25-20(3)27(35-8)19(2)15-30-25/h9-16H,17H2,1-8H3. The molecule has 36 heavy (non-hydrogen) atoms. The summed E-state index contributed by atoms with van der Waals surface area (Å²) in [6, 6.07) is 12.2. The van der Waals surface area contributed by atoms with E-state index in [0.717, 1.165) is 50.2 Å². The molecular weight excluding hydrogens is 452 g/mol. The predicted molar refractivity (Wildman–Crippen MR) is 144 cm³/mol. The van der Waals surface area contributed by atoms with Crippen LogP contribution in [0, 0.1) is 20.8 Å². The van der Waals surface area contributed by atoms with Gasteiger partial charge in [-0.2, -0.15) is 5.10 Å². The summed E-state index contributed by atoms with van der Waals surface area (Å²) in [5, 5.41) is 5.52. The molecule has 0 radical (unpaired) electrons. The molecule has 4 rings (SSSR count). The monoisotopic (exact) mass is 486 g/mol. The first-order chi connectivity index (χ1) is 17.0. The van der Waals surface area contributed by atoms with Crippen LogP contribution < -0.4 is 9.64 Å².